The van der Waals surface area contributed by atoms with Crippen LogP contribution in [0, 0.1) is 23.2 Å². The Labute approximate surface area is 142 Å². The van der Waals surface area contributed by atoms with Crippen LogP contribution >= 0.6 is 7.92 Å². The molecule has 0 amide bonds. The number of benzene rings is 2. The van der Waals surface area contributed by atoms with E-state index in [1.54, 1.807) is 0 Å². The molecule has 0 saturated heterocycles. The van der Waals surface area contributed by atoms with E-state index in [1.807, 2.05) is 36.4 Å². The monoisotopic (exact) mass is 318 g/mol. The minimum Gasteiger partial charge on any atom is -0.0654 e. The first kappa shape index (κ1) is 17.3. The Morgan fingerprint density at radius 3 is 1.70 bits per heavy atom. The second-order valence-corrected chi connectivity index (χ2v) is 7.17. The van der Waals surface area contributed by atoms with Crippen LogP contribution in [0.4, 0.5) is 0 Å². The van der Waals surface area contributed by atoms with Crippen molar-refractivity contribution in [3.05, 3.63) is 71.8 Å². The fourth-order valence-corrected chi connectivity index (χ4v) is 3.49. The molecule has 0 aliphatic rings. The normalized spacial score (nSPS) is 9.65. The van der Waals surface area contributed by atoms with Gasteiger partial charge >= 0.3 is 0 Å². The lowest BCUT2D eigenvalue weighted by Crippen LogP contribution is -1.83. The molecule has 2 rings (SSSR count). The Bertz CT molecular complexity index is 623. The van der Waals surface area contributed by atoms with E-state index >= 15 is 0 Å². The molecule has 0 radical (unpaired) electrons. The molecule has 0 saturated carbocycles. The van der Waals surface area contributed by atoms with Crippen molar-refractivity contribution < 1.29 is 0 Å². The zero-order valence-corrected chi connectivity index (χ0v) is 14.7. The maximum atomic E-state index is 3.42. The second-order valence-electron chi connectivity index (χ2n) is 5.42. The van der Waals surface area contributed by atoms with Gasteiger partial charge in [-0.3, -0.25) is 0 Å². The summed E-state index contributed by atoms with van der Waals surface area (Å²) in [5.41, 5.74) is 9.01. The molecule has 0 aliphatic heterocycles. The van der Waals surface area contributed by atoms with Gasteiger partial charge in [-0.2, -0.15) is 0 Å². The number of unbranched alkanes of at least 4 members (excludes halogenated alkanes) is 3. The van der Waals surface area contributed by atoms with Crippen molar-refractivity contribution in [2.75, 3.05) is 6.16 Å². The number of hydrogen-bond acceptors (Lipinski definition) is 0. The van der Waals surface area contributed by atoms with Crippen molar-refractivity contribution >= 4 is 7.92 Å². The van der Waals surface area contributed by atoms with Crippen LogP contribution in [0.1, 0.15) is 43.7 Å². The fraction of sp³-hybridized carbons (Fsp3) is 0.273. The zero-order chi connectivity index (χ0) is 16.2. The van der Waals surface area contributed by atoms with Crippen LogP contribution in [0.15, 0.2) is 60.7 Å². The molecule has 0 heterocycles. The Morgan fingerprint density at radius 2 is 1.22 bits per heavy atom. The Hall–Kier alpha value is -2.01. The van der Waals surface area contributed by atoms with Crippen LogP contribution < -0.4 is 0 Å². The average Bonchev–Trinajstić information content (AvgIpc) is 2.62. The summed E-state index contributed by atoms with van der Waals surface area (Å²) in [6, 6.07) is 20.4. The highest BCUT2D eigenvalue weighted by Gasteiger charge is 2.01. The standard InChI is InChI=1S/C22H23P/c1-2-3-4-11-18-23(19-16-21-12-7-5-8-13-21)20-17-22-14-9-6-10-15-22/h5-10,12-15H,2-4,11,18H2,1H3. The van der Waals surface area contributed by atoms with Crippen LogP contribution in [-0.4, -0.2) is 6.16 Å². The molecule has 2 aromatic carbocycles. The van der Waals surface area contributed by atoms with Crippen LogP contribution in [0.2, 0.25) is 0 Å². The topological polar surface area (TPSA) is 0 Å². The van der Waals surface area contributed by atoms with Gasteiger partial charge in [-0.25, -0.2) is 0 Å². The van der Waals surface area contributed by atoms with Crippen molar-refractivity contribution in [3.8, 4) is 23.2 Å². The molecule has 0 aliphatic carbocycles. The van der Waals surface area contributed by atoms with E-state index in [4.69, 9.17) is 0 Å². The summed E-state index contributed by atoms with van der Waals surface area (Å²) in [5, 5.41) is 0. The molecule has 0 fully saturated rings. The molecule has 23 heavy (non-hydrogen) atoms. The molecular formula is C22H23P. The lowest BCUT2D eigenvalue weighted by molar-refractivity contribution is 0.705. The third kappa shape index (κ3) is 7.19. The predicted molar refractivity (Wildman–Crippen MR) is 103 cm³/mol. The van der Waals surface area contributed by atoms with Crippen molar-refractivity contribution in [1.82, 2.24) is 0 Å². The molecule has 1 heteroatoms. The quantitative estimate of drug-likeness (QED) is 0.357. The summed E-state index contributed by atoms with van der Waals surface area (Å²) in [6.45, 7) is 2.24. The molecule has 0 atom stereocenters. The van der Waals surface area contributed by atoms with Gasteiger partial charge in [0.05, 0.1) is 7.92 Å². The minimum atomic E-state index is -0.547. The molecule has 0 bridgehead atoms. The first-order valence-corrected chi connectivity index (χ1v) is 9.82. The van der Waals surface area contributed by atoms with E-state index in [0.717, 1.165) is 17.3 Å². The molecule has 0 nitrogen and oxygen atoms in total. The minimum absolute atomic E-state index is 0.547. The molecule has 0 aromatic heterocycles. The van der Waals surface area contributed by atoms with E-state index < -0.39 is 7.92 Å². The van der Waals surface area contributed by atoms with Gasteiger partial charge < -0.3 is 0 Å². The molecule has 0 unspecified atom stereocenters. The first-order valence-electron chi connectivity index (χ1n) is 8.29. The Kier molecular flexibility index (Phi) is 8.05. The van der Waals surface area contributed by atoms with Gasteiger partial charge in [-0.05, 0) is 36.8 Å². The summed E-state index contributed by atoms with van der Waals surface area (Å²) >= 11 is 0. The van der Waals surface area contributed by atoms with Crippen LogP contribution in [-0.2, 0) is 0 Å². The molecule has 0 N–H and O–H groups in total. The van der Waals surface area contributed by atoms with E-state index in [-0.39, 0.29) is 0 Å². The number of rotatable bonds is 5. The third-order valence-electron chi connectivity index (χ3n) is 3.45. The van der Waals surface area contributed by atoms with Crippen molar-refractivity contribution in [1.29, 1.82) is 0 Å². The van der Waals surface area contributed by atoms with E-state index in [1.165, 1.54) is 25.7 Å². The molecule has 2 aromatic rings. The lowest BCUT2D eigenvalue weighted by atomic mass is 10.2. The lowest BCUT2D eigenvalue weighted by Gasteiger charge is -2.03. The number of hydrogen-bond donors (Lipinski definition) is 0. The van der Waals surface area contributed by atoms with Gasteiger partial charge in [0.1, 0.15) is 0 Å². The van der Waals surface area contributed by atoms with Crippen LogP contribution in [0.3, 0.4) is 0 Å². The largest absolute Gasteiger partial charge is 0.0654 e. The van der Waals surface area contributed by atoms with Crippen molar-refractivity contribution in [2.45, 2.75) is 32.6 Å². The average molecular weight is 318 g/mol. The van der Waals surface area contributed by atoms with Crippen LogP contribution in [0.5, 0.6) is 0 Å². The highest BCUT2D eigenvalue weighted by atomic mass is 31.1. The van der Waals surface area contributed by atoms with Crippen molar-refractivity contribution in [3.63, 3.8) is 0 Å². The summed E-state index contributed by atoms with van der Waals surface area (Å²) in [5.74, 6) is 6.60. The Morgan fingerprint density at radius 1 is 0.696 bits per heavy atom. The highest BCUT2D eigenvalue weighted by molar-refractivity contribution is 7.67. The summed E-state index contributed by atoms with van der Waals surface area (Å²) in [4.78, 5) is 0. The smallest absolute Gasteiger partial charge is 0.0509 e. The molecule has 0 spiro atoms. The van der Waals surface area contributed by atoms with E-state index in [9.17, 15) is 0 Å². The van der Waals surface area contributed by atoms with Gasteiger partial charge in [0.25, 0.3) is 0 Å². The Balaban J connectivity index is 2.06. The van der Waals surface area contributed by atoms with Gasteiger partial charge in [-0.15, -0.1) is 0 Å². The maximum Gasteiger partial charge on any atom is 0.0509 e. The fourth-order valence-electron chi connectivity index (χ4n) is 2.14. The second kappa shape index (κ2) is 10.7. The third-order valence-corrected chi connectivity index (χ3v) is 4.98. The van der Waals surface area contributed by atoms with Gasteiger partial charge in [0.2, 0.25) is 0 Å². The molecule has 116 valence electrons. The van der Waals surface area contributed by atoms with E-state index in [2.05, 4.69) is 54.4 Å². The highest BCUT2D eigenvalue weighted by Crippen LogP contribution is 2.34. The van der Waals surface area contributed by atoms with Gasteiger partial charge in [0.15, 0.2) is 0 Å². The van der Waals surface area contributed by atoms with Crippen LogP contribution in [0.25, 0.3) is 0 Å². The van der Waals surface area contributed by atoms with Gasteiger partial charge in [0, 0.05) is 11.1 Å². The maximum absolute atomic E-state index is 3.42. The molecular weight excluding hydrogens is 295 g/mol. The predicted octanol–water partition coefficient (Wildman–Crippen LogP) is 6.07. The van der Waals surface area contributed by atoms with Gasteiger partial charge in [-0.1, -0.05) is 85.7 Å². The summed E-state index contributed by atoms with van der Waals surface area (Å²) in [7, 11) is -0.547. The summed E-state index contributed by atoms with van der Waals surface area (Å²) < 4.78 is 0. The van der Waals surface area contributed by atoms with Crippen molar-refractivity contribution in [2.24, 2.45) is 0 Å². The zero-order valence-electron chi connectivity index (χ0n) is 13.8. The van der Waals surface area contributed by atoms with E-state index in [0.29, 0.717) is 0 Å². The first-order chi connectivity index (χ1) is 11.4. The summed E-state index contributed by atoms with van der Waals surface area (Å²) in [6.07, 6.45) is 6.21. The SMILES string of the molecule is CCCCCCP(C#Cc1ccccc1)C#Cc1ccccc1.